The Hall–Kier alpha value is -1.83. The van der Waals surface area contributed by atoms with Crippen LogP contribution in [0.15, 0.2) is 54.6 Å². The summed E-state index contributed by atoms with van der Waals surface area (Å²) in [6, 6.07) is 9.25. The average Bonchev–Trinajstić information content (AvgIpc) is 2.38. The molecule has 90 valence electrons. The molecule has 1 N–H and O–H groups in total. The van der Waals surface area contributed by atoms with E-state index in [1.54, 1.807) is 0 Å². The summed E-state index contributed by atoms with van der Waals surface area (Å²) < 4.78 is 0. The highest BCUT2D eigenvalue weighted by Gasteiger charge is 2.00. The van der Waals surface area contributed by atoms with Crippen molar-refractivity contribution in [3.05, 3.63) is 60.2 Å². The molecule has 0 aliphatic heterocycles. The molecule has 0 radical (unpaired) electrons. The van der Waals surface area contributed by atoms with Crippen molar-refractivity contribution in [2.24, 2.45) is 0 Å². The van der Waals surface area contributed by atoms with E-state index < -0.39 is 0 Å². The van der Waals surface area contributed by atoms with Gasteiger partial charge in [0.05, 0.1) is 0 Å². The number of carbonyl (C=O) groups excluding carboxylic acids is 1. The van der Waals surface area contributed by atoms with Gasteiger partial charge in [0.1, 0.15) is 0 Å². The number of amides is 1. The molecule has 0 aliphatic carbocycles. The standard InChI is InChI=1S/C15H19NO/c1-2-3-4-5-6-10-13-16-15(17)14-11-8-7-9-12-14/h2-3,6-12H,4-5,13H2,1H3,(H,16,17)/b3-2+,10-6+. The molecule has 1 aromatic rings. The van der Waals surface area contributed by atoms with Gasteiger partial charge in [0.25, 0.3) is 5.91 Å². The Bertz CT molecular complexity index is 379. The van der Waals surface area contributed by atoms with Gasteiger partial charge in [-0.3, -0.25) is 4.79 Å². The van der Waals surface area contributed by atoms with E-state index in [1.807, 2.05) is 49.4 Å². The molecule has 0 aromatic heterocycles. The van der Waals surface area contributed by atoms with Gasteiger partial charge in [0, 0.05) is 12.1 Å². The maximum absolute atomic E-state index is 11.6. The second kappa shape index (κ2) is 8.34. The molecule has 0 fully saturated rings. The first-order valence-electron chi connectivity index (χ1n) is 5.94. The molecule has 17 heavy (non-hydrogen) atoms. The molecule has 0 saturated heterocycles. The van der Waals surface area contributed by atoms with Crippen LogP contribution in [-0.4, -0.2) is 12.5 Å². The van der Waals surface area contributed by atoms with Gasteiger partial charge in [-0.05, 0) is 31.9 Å². The van der Waals surface area contributed by atoms with Gasteiger partial charge in [-0.15, -0.1) is 0 Å². The molecule has 0 aliphatic rings. The van der Waals surface area contributed by atoms with Gasteiger partial charge in [0.15, 0.2) is 0 Å². The van der Waals surface area contributed by atoms with Crippen molar-refractivity contribution in [3.63, 3.8) is 0 Å². The van der Waals surface area contributed by atoms with Crippen molar-refractivity contribution >= 4 is 5.91 Å². The summed E-state index contributed by atoms with van der Waals surface area (Å²) in [5.74, 6) is -0.0243. The van der Waals surface area contributed by atoms with Gasteiger partial charge in [-0.2, -0.15) is 0 Å². The number of benzene rings is 1. The third-order valence-electron chi connectivity index (χ3n) is 2.32. The van der Waals surface area contributed by atoms with Crippen molar-refractivity contribution in [1.29, 1.82) is 0 Å². The zero-order chi connectivity index (χ0) is 12.3. The highest BCUT2D eigenvalue weighted by molar-refractivity contribution is 5.94. The van der Waals surface area contributed by atoms with Crippen molar-refractivity contribution in [1.82, 2.24) is 5.32 Å². The minimum Gasteiger partial charge on any atom is -0.349 e. The number of hydrogen-bond donors (Lipinski definition) is 1. The molecule has 0 bridgehead atoms. The van der Waals surface area contributed by atoms with E-state index in [4.69, 9.17) is 0 Å². The zero-order valence-corrected chi connectivity index (χ0v) is 10.2. The minimum atomic E-state index is -0.0243. The Labute approximate surface area is 103 Å². The highest BCUT2D eigenvalue weighted by Crippen LogP contribution is 1.97. The predicted octanol–water partition coefficient (Wildman–Crippen LogP) is 3.33. The second-order valence-electron chi connectivity index (χ2n) is 3.69. The van der Waals surface area contributed by atoms with E-state index in [2.05, 4.69) is 17.5 Å². The molecule has 0 saturated carbocycles. The van der Waals surface area contributed by atoms with Crippen molar-refractivity contribution in [3.8, 4) is 0 Å². The fourth-order valence-electron chi connectivity index (χ4n) is 1.40. The second-order valence-corrected chi connectivity index (χ2v) is 3.69. The molecule has 0 atom stereocenters. The van der Waals surface area contributed by atoms with E-state index in [0.717, 1.165) is 12.8 Å². The van der Waals surface area contributed by atoms with Crippen molar-refractivity contribution in [2.45, 2.75) is 19.8 Å². The summed E-state index contributed by atoms with van der Waals surface area (Å²) in [6.07, 6.45) is 10.3. The van der Waals surface area contributed by atoms with Crippen molar-refractivity contribution in [2.75, 3.05) is 6.54 Å². The lowest BCUT2D eigenvalue weighted by Crippen LogP contribution is -2.23. The molecule has 1 aromatic carbocycles. The number of allylic oxidation sites excluding steroid dienone is 3. The van der Waals surface area contributed by atoms with Crippen LogP contribution in [0.2, 0.25) is 0 Å². The third-order valence-corrected chi connectivity index (χ3v) is 2.32. The topological polar surface area (TPSA) is 29.1 Å². The van der Waals surface area contributed by atoms with Crippen LogP contribution in [0.25, 0.3) is 0 Å². The largest absolute Gasteiger partial charge is 0.349 e. The normalized spacial score (nSPS) is 11.1. The fourth-order valence-corrected chi connectivity index (χ4v) is 1.40. The average molecular weight is 229 g/mol. The van der Waals surface area contributed by atoms with Crippen LogP contribution in [-0.2, 0) is 0 Å². The summed E-state index contributed by atoms with van der Waals surface area (Å²) in [5, 5.41) is 2.85. The lowest BCUT2D eigenvalue weighted by molar-refractivity contribution is 0.0958. The van der Waals surface area contributed by atoms with Crippen LogP contribution in [0.4, 0.5) is 0 Å². The van der Waals surface area contributed by atoms with Gasteiger partial charge in [0.2, 0.25) is 0 Å². The quantitative estimate of drug-likeness (QED) is 0.588. The molecular formula is C15H19NO. The number of unbranched alkanes of at least 4 members (excludes halogenated alkanes) is 1. The molecule has 1 amide bonds. The SMILES string of the molecule is C/C=C/CC/C=C/CNC(=O)c1ccccc1. The van der Waals surface area contributed by atoms with Crippen LogP contribution < -0.4 is 5.32 Å². The maximum Gasteiger partial charge on any atom is 0.251 e. The zero-order valence-electron chi connectivity index (χ0n) is 10.2. The lowest BCUT2D eigenvalue weighted by Gasteiger charge is -2.01. The van der Waals surface area contributed by atoms with Crippen molar-refractivity contribution < 1.29 is 4.79 Å². The minimum absolute atomic E-state index is 0.0243. The first-order chi connectivity index (χ1) is 8.34. The smallest absolute Gasteiger partial charge is 0.251 e. The van der Waals surface area contributed by atoms with Gasteiger partial charge >= 0.3 is 0 Å². The van der Waals surface area contributed by atoms with E-state index in [9.17, 15) is 4.79 Å². The number of hydrogen-bond acceptors (Lipinski definition) is 1. The number of nitrogens with one attached hydrogen (secondary N) is 1. The maximum atomic E-state index is 11.6. The van der Waals surface area contributed by atoms with E-state index in [0.29, 0.717) is 12.1 Å². The van der Waals surface area contributed by atoms with Crippen LogP contribution in [0.1, 0.15) is 30.1 Å². The number of rotatable bonds is 6. The summed E-state index contributed by atoms with van der Waals surface area (Å²) in [7, 11) is 0. The van der Waals surface area contributed by atoms with Crippen LogP contribution in [0.3, 0.4) is 0 Å². The molecule has 2 nitrogen and oxygen atoms in total. The van der Waals surface area contributed by atoms with E-state index >= 15 is 0 Å². The highest BCUT2D eigenvalue weighted by atomic mass is 16.1. The first-order valence-corrected chi connectivity index (χ1v) is 5.94. The predicted molar refractivity (Wildman–Crippen MR) is 72.0 cm³/mol. The molecule has 2 heteroatoms. The fraction of sp³-hybridized carbons (Fsp3) is 0.267. The Morgan fingerprint density at radius 3 is 2.53 bits per heavy atom. The summed E-state index contributed by atoms with van der Waals surface area (Å²) in [4.78, 5) is 11.6. The van der Waals surface area contributed by atoms with Crippen LogP contribution in [0, 0.1) is 0 Å². The summed E-state index contributed by atoms with van der Waals surface area (Å²) in [5.41, 5.74) is 0.704. The van der Waals surface area contributed by atoms with E-state index in [-0.39, 0.29) is 5.91 Å². The van der Waals surface area contributed by atoms with Gasteiger partial charge in [-0.25, -0.2) is 0 Å². The number of carbonyl (C=O) groups is 1. The molecule has 0 spiro atoms. The van der Waals surface area contributed by atoms with Gasteiger partial charge < -0.3 is 5.32 Å². The Balaban J connectivity index is 2.21. The monoisotopic (exact) mass is 229 g/mol. The van der Waals surface area contributed by atoms with Crippen LogP contribution >= 0.6 is 0 Å². The molecular weight excluding hydrogens is 210 g/mol. The Morgan fingerprint density at radius 2 is 1.82 bits per heavy atom. The Morgan fingerprint density at radius 1 is 1.12 bits per heavy atom. The molecule has 1 rings (SSSR count). The van der Waals surface area contributed by atoms with Crippen LogP contribution in [0.5, 0.6) is 0 Å². The third kappa shape index (κ3) is 5.71. The first kappa shape index (κ1) is 13.2. The molecule has 0 heterocycles. The summed E-state index contributed by atoms with van der Waals surface area (Å²) >= 11 is 0. The summed E-state index contributed by atoms with van der Waals surface area (Å²) in [6.45, 7) is 2.60. The molecule has 0 unspecified atom stereocenters. The Kier molecular flexibility index (Phi) is 6.49. The van der Waals surface area contributed by atoms with Gasteiger partial charge in [-0.1, -0.05) is 42.5 Å². The van der Waals surface area contributed by atoms with E-state index in [1.165, 1.54) is 0 Å². The lowest BCUT2D eigenvalue weighted by atomic mass is 10.2.